The van der Waals surface area contributed by atoms with E-state index in [-0.39, 0.29) is 23.5 Å². The summed E-state index contributed by atoms with van der Waals surface area (Å²) in [5, 5.41) is 2.54. The van der Waals surface area contributed by atoms with E-state index in [9.17, 15) is 22.8 Å². The zero-order chi connectivity index (χ0) is 17.4. The van der Waals surface area contributed by atoms with Crippen molar-refractivity contribution in [2.24, 2.45) is 0 Å². The van der Waals surface area contributed by atoms with Gasteiger partial charge in [-0.3, -0.25) is 4.79 Å². The van der Waals surface area contributed by atoms with Crippen LogP contribution in [0.1, 0.15) is 43.6 Å². The van der Waals surface area contributed by atoms with Crippen LogP contribution in [0.3, 0.4) is 0 Å². The molecule has 124 valence electrons. The molecular formula is C15H20F3NO3. The van der Waals surface area contributed by atoms with Crippen LogP contribution in [0, 0.1) is 0 Å². The fraction of sp³-hybridized carbons (Fsp3) is 0.467. The molecule has 0 saturated heterocycles. The first-order valence-corrected chi connectivity index (χ1v) is 6.59. The van der Waals surface area contributed by atoms with Crippen molar-refractivity contribution in [3.05, 3.63) is 35.4 Å². The van der Waals surface area contributed by atoms with Gasteiger partial charge in [-0.2, -0.15) is 13.2 Å². The maximum absolute atomic E-state index is 12.1. The van der Waals surface area contributed by atoms with Gasteiger partial charge < -0.3 is 10.1 Å². The predicted octanol–water partition coefficient (Wildman–Crippen LogP) is 4.05. The fourth-order valence-corrected chi connectivity index (χ4v) is 1.32. The van der Waals surface area contributed by atoms with Gasteiger partial charge in [-0.15, -0.1) is 0 Å². The lowest BCUT2D eigenvalue weighted by Crippen LogP contribution is -2.32. The molecule has 0 saturated carbocycles. The number of nitrogens with one attached hydrogen (secondary N) is 1. The van der Waals surface area contributed by atoms with E-state index in [0.717, 1.165) is 12.1 Å². The summed E-state index contributed by atoms with van der Waals surface area (Å²) < 4.78 is 41.2. The quantitative estimate of drug-likeness (QED) is 0.837. The minimum atomic E-state index is -4.45. The van der Waals surface area contributed by atoms with Crippen LogP contribution in [0.5, 0.6) is 0 Å². The standard InChI is InChI=1S/C8H5F3O.C7H15NO2/c9-8(10,11)7-4-2-1-3-6(7)5-12;1-5-8-6(9)10-7(2,3)4/h1-5H;5H2,1-4H3,(H,8,9). The molecule has 1 aromatic carbocycles. The number of carbonyl (C=O) groups excluding carboxylic acids is 2. The van der Waals surface area contributed by atoms with Gasteiger partial charge in [0.1, 0.15) is 5.60 Å². The average Bonchev–Trinajstić information content (AvgIpc) is 2.36. The Morgan fingerprint density at radius 2 is 1.77 bits per heavy atom. The Labute approximate surface area is 127 Å². The molecule has 22 heavy (non-hydrogen) atoms. The Balaban J connectivity index is 0.000000409. The zero-order valence-electron chi connectivity index (χ0n) is 13.0. The van der Waals surface area contributed by atoms with Crippen LogP contribution in [0.2, 0.25) is 0 Å². The van der Waals surface area contributed by atoms with E-state index in [1.165, 1.54) is 12.1 Å². The minimum absolute atomic E-state index is 0.197. The number of carbonyl (C=O) groups is 2. The summed E-state index contributed by atoms with van der Waals surface area (Å²) >= 11 is 0. The second kappa shape index (κ2) is 8.41. The Morgan fingerprint density at radius 3 is 2.14 bits per heavy atom. The molecule has 0 radical (unpaired) electrons. The second-order valence-electron chi connectivity index (χ2n) is 5.24. The maximum Gasteiger partial charge on any atom is 0.417 e. The lowest BCUT2D eigenvalue weighted by Gasteiger charge is -2.19. The van der Waals surface area contributed by atoms with Crippen molar-refractivity contribution in [2.45, 2.75) is 39.5 Å². The van der Waals surface area contributed by atoms with Crippen molar-refractivity contribution in [1.82, 2.24) is 5.32 Å². The monoisotopic (exact) mass is 319 g/mol. The molecule has 0 atom stereocenters. The number of ether oxygens (including phenoxy) is 1. The third-order valence-corrected chi connectivity index (χ3v) is 2.11. The molecule has 0 aliphatic rings. The number of hydrogen-bond acceptors (Lipinski definition) is 3. The van der Waals surface area contributed by atoms with Gasteiger partial charge in [0.2, 0.25) is 0 Å². The Bertz CT molecular complexity index is 494. The van der Waals surface area contributed by atoms with E-state index in [0.29, 0.717) is 6.54 Å². The van der Waals surface area contributed by atoms with Gasteiger partial charge in [0.15, 0.2) is 6.29 Å². The fourth-order valence-electron chi connectivity index (χ4n) is 1.32. The van der Waals surface area contributed by atoms with E-state index in [2.05, 4.69) is 5.32 Å². The molecule has 0 aromatic heterocycles. The number of halogens is 3. The van der Waals surface area contributed by atoms with E-state index in [1.54, 1.807) is 0 Å². The van der Waals surface area contributed by atoms with Crippen molar-refractivity contribution >= 4 is 12.4 Å². The number of benzene rings is 1. The highest BCUT2D eigenvalue weighted by atomic mass is 19.4. The Kier molecular flexibility index (Phi) is 7.62. The van der Waals surface area contributed by atoms with Crippen LogP contribution in [-0.2, 0) is 10.9 Å². The van der Waals surface area contributed by atoms with Gasteiger partial charge in [0.25, 0.3) is 0 Å². The number of hydrogen-bond donors (Lipinski definition) is 1. The molecule has 1 N–H and O–H groups in total. The lowest BCUT2D eigenvalue weighted by molar-refractivity contribution is -0.137. The third kappa shape index (κ3) is 8.28. The van der Waals surface area contributed by atoms with Crippen LogP contribution in [0.25, 0.3) is 0 Å². The normalized spacial score (nSPS) is 11.0. The molecule has 0 bridgehead atoms. The largest absolute Gasteiger partial charge is 0.444 e. The molecule has 0 heterocycles. The van der Waals surface area contributed by atoms with Crippen molar-refractivity contribution in [2.75, 3.05) is 6.54 Å². The topological polar surface area (TPSA) is 55.4 Å². The minimum Gasteiger partial charge on any atom is -0.444 e. The highest BCUT2D eigenvalue weighted by molar-refractivity contribution is 5.77. The highest BCUT2D eigenvalue weighted by Gasteiger charge is 2.32. The molecule has 0 aliphatic carbocycles. The van der Waals surface area contributed by atoms with Crippen molar-refractivity contribution < 1.29 is 27.5 Å². The average molecular weight is 319 g/mol. The molecule has 1 rings (SSSR count). The second-order valence-corrected chi connectivity index (χ2v) is 5.24. The smallest absolute Gasteiger partial charge is 0.417 e. The number of rotatable bonds is 2. The summed E-state index contributed by atoms with van der Waals surface area (Å²) in [7, 11) is 0. The molecule has 0 spiro atoms. The SMILES string of the molecule is CCNC(=O)OC(C)(C)C.O=Cc1ccccc1C(F)(F)F. The Morgan fingerprint density at radius 1 is 1.23 bits per heavy atom. The molecule has 0 aliphatic heterocycles. The number of alkyl halides is 3. The van der Waals surface area contributed by atoms with Crippen molar-refractivity contribution in [3.63, 3.8) is 0 Å². The molecule has 1 amide bonds. The lowest BCUT2D eigenvalue weighted by atomic mass is 10.1. The van der Waals surface area contributed by atoms with Crippen molar-refractivity contribution in [3.8, 4) is 0 Å². The molecule has 0 fully saturated rings. The first-order valence-electron chi connectivity index (χ1n) is 6.59. The first kappa shape index (κ1) is 19.9. The maximum atomic E-state index is 12.1. The van der Waals surface area contributed by atoms with Crippen LogP contribution in [0.15, 0.2) is 24.3 Å². The van der Waals surface area contributed by atoms with Crippen LogP contribution in [-0.4, -0.2) is 24.5 Å². The highest BCUT2D eigenvalue weighted by Crippen LogP contribution is 2.30. The molecule has 4 nitrogen and oxygen atoms in total. The van der Waals surface area contributed by atoms with E-state index < -0.39 is 11.7 Å². The third-order valence-electron chi connectivity index (χ3n) is 2.11. The number of amides is 1. The molecular weight excluding hydrogens is 299 g/mol. The van der Waals surface area contributed by atoms with Gasteiger partial charge in [0, 0.05) is 12.1 Å². The van der Waals surface area contributed by atoms with Gasteiger partial charge >= 0.3 is 12.3 Å². The van der Waals surface area contributed by atoms with Crippen LogP contribution < -0.4 is 5.32 Å². The molecule has 1 aromatic rings. The van der Waals surface area contributed by atoms with Crippen LogP contribution in [0.4, 0.5) is 18.0 Å². The summed E-state index contributed by atoms with van der Waals surface area (Å²) in [4.78, 5) is 20.9. The first-order chi connectivity index (χ1) is 10.0. The predicted molar refractivity (Wildman–Crippen MR) is 76.7 cm³/mol. The van der Waals surface area contributed by atoms with E-state index in [4.69, 9.17) is 4.74 Å². The van der Waals surface area contributed by atoms with Crippen LogP contribution >= 0.6 is 0 Å². The molecule has 7 heteroatoms. The van der Waals surface area contributed by atoms with Gasteiger partial charge in [-0.25, -0.2) is 4.79 Å². The Hall–Kier alpha value is -2.05. The summed E-state index contributed by atoms with van der Waals surface area (Å²) in [6, 6.07) is 4.65. The number of alkyl carbamates (subject to hydrolysis) is 1. The van der Waals surface area contributed by atoms with E-state index in [1.807, 2.05) is 27.7 Å². The van der Waals surface area contributed by atoms with Gasteiger partial charge in [-0.1, -0.05) is 18.2 Å². The number of aldehydes is 1. The van der Waals surface area contributed by atoms with Gasteiger partial charge in [-0.05, 0) is 33.8 Å². The summed E-state index contributed by atoms with van der Waals surface area (Å²) in [5.74, 6) is 0. The summed E-state index contributed by atoms with van der Waals surface area (Å²) in [5.41, 5.74) is -1.61. The summed E-state index contributed by atoms with van der Waals surface area (Å²) in [6.07, 6.45) is -4.60. The van der Waals surface area contributed by atoms with Gasteiger partial charge in [0.05, 0.1) is 5.56 Å². The zero-order valence-corrected chi connectivity index (χ0v) is 13.0. The summed E-state index contributed by atoms with van der Waals surface area (Å²) in [6.45, 7) is 7.96. The molecule has 0 unspecified atom stereocenters. The van der Waals surface area contributed by atoms with E-state index >= 15 is 0 Å². The van der Waals surface area contributed by atoms with Crippen molar-refractivity contribution in [1.29, 1.82) is 0 Å².